The minimum Gasteiger partial charge on any atom is -0.436 e. The second kappa shape index (κ2) is 7.37. The van der Waals surface area contributed by atoms with Crippen molar-refractivity contribution in [3.63, 3.8) is 0 Å². The summed E-state index contributed by atoms with van der Waals surface area (Å²) in [4.78, 5) is 16.9. The van der Waals surface area contributed by atoms with Crippen LogP contribution in [0.15, 0.2) is 75.6 Å². The molecule has 0 unspecified atom stereocenters. The summed E-state index contributed by atoms with van der Waals surface area (Å²) in [5.41, 5.74) is 5.04. The number of halogens is 1. The number of nitrogens with zero attached hydrogens (tertiary/aromatic N) is 1. The lowest BCUT2D eigenvalue weighted by atomic mass is 10.1. The van der Waals surface area contributed by atoms with Gasteiger partial charge >= 0.3 is 0 Å². The van der Waals surface area contributed by atoms with Crippen LogP contribution in [0, 0.1) is 0 Å². The highest BCUT2D eigenvalue weighted by Crippen LogP contribution is 2.26. The lowest BCUT2D eigenvalue weighted by Crippen LogP contribution is -2.11. The van der Waals surface area contributed by atoms with E-state index in [0.717, 1.165) is 27.6 Å². The second-order valence-corrected chi connectivity index (χ2v) is 7.13. The highest BCUT2D eigenvalue weighted by Gasteiger charge is 2.10. The zero-order chi connectivity index (χ0) is 18.8. The summed E-state index contributed by atoms with van der Waals surface area (Å²) in [6.45, 7) is 2.11. The van der Waals surface area contributed by atoms with E-state index in [4.69, 9.17) is 4.42 Å². The molecule has 27 heavy (non-hydrogen) atoms. The number of oxazole rings is 1. The average Bonchev–Trinajstić information content (AvgIpc) is 3.11. The van der Waals surface area contributed by atoms with Gasteiger partial charge in [-0.15, -0.1) is 0 Å². The molecule has 0 spiro atoms. The first kappa shape index (κ1) is 17.5. The minimum absolute atomic E-state index is 0.155. The van der Waals surface area contributed by atoms with Gasteiger partial charge in [0.1, 0.15) is 5.52 Å². The van der Waals surface area contributed by atoms with Crippen LogP contribution >= 0.6 is 15.9 Å². The molecule has 1 aromatic heterocycles. The van der Waals surface area contributed by atoms with Crippen molar-refractivity contribution >= 4 is 38.6 Å². The lowest BCUT2D eigenvalue weighted by molar-refractivity contribution is 0.102. The summed E-state index contributed by atoms with van der Waals surface area (Å²) in [5, 5.41) is 2.89. The van der Waals surface area contributed by atoms with Crippen molar-refractivity contribution in [3.8, 4) is 11.5 Å². The minimum atomic E-state index is -0.155. The van der Waals surface area contributed by atoms with E-state index in [9.17, 15) is 4.79 Å². The molecule has 134 valence electrons. The van der Waals surface area contributed by atoms with Crippen LogP contribution in [0.1, 0.15) is 22.8 Å². The molecule has 1 amide bonds. The second-order valence-electron chi connectivity index (χ2n) is 6.22. The standard InChI is InChI=1S/C22H17BrN2O2/c1-2-14-6-11-20-19(12-14)25-22(27-20)15-7-9-18(10-8-15)24-21(26)16-4-3-5-17(23)13-16/h3-13H,2H2,1H3,(H,24,26). The number of amides is 1. The van der Waals surface area contributed by atoms with Gasteiger partial charge in [0.2, 0.25) is 5.89 Å². The van der Waals surface area contributed by atoms with Gasteiger partial charge in [-0.1, -0.05) is 35.0 Å². The van der Waals surface area contributed by atoms with Crippen LogP contribution in [0.2, 0.25) is 0 Å². The fraction of sp³-hybridized carbons (Fsp3) is 0.0909. The van der Waals surface area contributed by atoms with E-state index >= 15 is 0 Å². The van der Waals surface area contributed by atoms with E-state index in [1.807, 2.05) is 42.5 Å². The van der Waals surface area contributed by atoms with Gasteiger partial charge < -0.3 is 9.73 Å². The molecule has 0 saturated carbocycles. The molecule has 4 nitrogen and oxygen atoms in total. The zero-order valence-corrected chi connectivity index (χ0v) is 16.3. The highest BCUT2D eigenvalue weighted by atomic mass is 79.9. The fourth-order valence-corrected chi connectivity index (χ4v) is 3.24. The smallest absolute Gasteiger partial charge is 0.255 e. The number of hydrogen-bond donors (Lipinski definition) is 1. The average molecular weight is 421 g/mol. The van der Waals surface area contributed by atoms with Gasteiger partial charge in [0, 0.05) is 21.3 Å². The summed E-state index contributed by atoms with van der Waals surface area (Å²) < 4.78 is 6.72. The normalized spacial score (nSPS) is 10.9. The number of nitrogens with one attached hydrogen (secondary N) is 1. The quantitative estimate of drug-likeness (QED) is 0.435. The Kier molecular flexibility index (Phi) is 4.77. The van der Waals surface area contributed by atoms with E-state index < -0.39 is 0 Å². The molecule has 0 bridgehead atoms. The monoisotopic (exact) mass is 420 g/mol. The molecule has 5 heteroatoms. The number of hydrogen-bond acceptors (Lipinski definition) is 3. The summed E-state index contributed by atoms with van der Waals surface area (Å²) in [6.07, 6.45) is 0.963. The van der Waals surface area contributed by atoms with Gasteiger partial charge in [0.05, 0.1) is 0 Å². The topological polar surface area (TPSA) is 55.1 Å². The zero-order valence-electron chi connectivity index (χ0n) is 14.7. The van der Waals surface area contributed by atoms with Gasteiger partial charge in [-0.05, 0) is 66.6 Å². The lowest BCUT2D eigenvalue weighted by Gasteiger charge is -2.06. The van der Waals surface area contributed by atoms with E-state index in [1.165, 1.54) is 5.56 Å². The maximum atomic E-state index is 12.3. The third-order valence-electron chi connectivity index (χ3n) is 4.34. The molecule has 0 aliphatic heterocycles. The first-order valence-electron chi connectivity index (χ1n) is 8.69. The van der Waals surface area contributed by atoms with Crippen LogP contribution in [0.25, 0.3) is 22.6 Å². The molecule has 4 rings (SSSR count). The Bertz CT molecular complexity index is 1120. The highest BCUT2D eigenvalue weighted by molar-refractivity contribution is 9.10. The number of aryl methyl sites for hydroxylation is 1. The van der Waals surface area contributed by atoms with Crippen LogP contribution in [-0.4, -0.2) is 10.9 Å². The maximum absolute atomic E-state index is 12.3. The molecular formula is C22H17BrN2O2. The van der Waals surface area contributed by atoms with Crippen molar-refractivity contribution in [3.05, 3.63) is 82.3 Å². The van der Waals surface area contributed by atoms with Crippen LogP contribution in [0.3, 0.4) is 0 Å². The van der Waals surface area contributed by atoms with Crippen molar-refractivity contribution in [2.75, 3.05) is 5.32 Å². The van der Waals surface area contributed by atoms with Crippen molar-refractivity contribution in [2.24, 2.45) is 0 Å². The predicted octanol–water partition coefficient (Wildman–Crippen LogP) is 6.07. The molecule has 1 heterocycles. The number of benzene rings is 3. The largest absolute Gasteiger partial charge is 0.436 e. The van der Waals surface area contributed by atoms with E-state index in [0.29, 0.717) is 17.1 Å². The first-order valence-corrected chi connectivity index (χ1v) is 9.48. The molecule has 0 atom stereocenters. The van der Waals surface area contributed by atoms with Crippen LogP contribution in [-0.2, 0) is 6.42 Å². The summed E-state index contributed by atoms with van der Waals surface area (Å²) in [7, 11) is 0. The molecule has 0 radical (unpaired) electrons. The van der Waals surface area contributed by atoms with Crippen LogP contribution in [0.4, 0.5) is 5.69 Å². The summed E-state index contributed by atoms with van der Waals surface area (Å²) >= 11 is 3.38. The Morgan fingerprint density at radius 2 is 1.89 bits per heavy atom. The Balaban J connectivity index is 1.54. The number of fused-ring (bicyclic) bond motifs is 1. The third kappa shape index (κ3) is 3.78. The van der Waals surface area contributed by atoms with Crippen molar-refractivity contribution in [1.82, 2.24) is 4.98 Å². The number of aromatic nitrogens is 1. The molecule has 1 N–H and O–H groups in total. The Morgan fingerprint density at radius 1 is 1.07 bits per heavy atom. The fourth-order valence-electron chi connectivity index (χ4n) is 2.85. The Labute approximate surface area is 165 Å². The number of carbonyl (C=O) groups excluding carboxylic acids is 1. The van der Waals surface area contributed by atoms with Gasteiger partial charge in [0.25, 0.3) is 5.91 Å². The van der Waals surface area contributed by atoms with Crippen molar-refractivity contribution in [1.29, 1.82) is 0 Å². The molecule has 0 aliphatic rings. The molecule has 3 aromatic carbocycles. The van der Waals surface area contributed by atoms with Gasteiger partial charge in [0.15, 0.2) is 5.58 Å². The predicted molar refractivity (Wildman–Crippen MR) is 111 cm³/mol. The van der Waals surface area contributed by atoms with Crippen molar-refractivity contribution < 1.29 is 9.21 Å². The Morgan fingerprint density at radius 3 is 2.63 bits per heavy atom. The summed E-state index contributed by atoms with van der Waals surface area (Å²) in [5.74, 6) is 0.418. The molecule has 0 aliphatic carbocycles. The number of rotatable bonds is 4. The number of carbonyl (C=O) groups is 1. The molecule has 4 aromatic rings. The van der Waals surface area contributed by atoms with Gasteiger partial charge in [-0.2, -0.15) is 0 Å². The van der Waals surface area contributed by atoms with E-state index in [2.05, 4.69) is 45.3 Å². The molecule has 0 saturated heterocycles. The molecular weight excluding hydrogens is 404 g/mol. The van der Waals surface area contributed by atoms with Gasteiger partial charge in [-0.25, -0.2) is 4.98 Å². The SMILES string of the molecule is CCc1ccc2oc(-c3ccc(NC(=O)c4cccc(Br)c4)cc3)nc2c1. The number of anilines is 1. The summed E-state index contributed by atoms with van der Waals surface area (Å²) in [6, 6.07) is 20.8. The third-order valence-corrected chi connectivity index (χ3v) is 4.83. The van der Waals surface area contributed by atoms with Gasteiger partial charge in [-0.3, -0.25) is 4.79 Å². The molecule has 0 fully saturated rings. The van der Waals surface area contributed by atoms with Crippen LogP contribution < -0.4 is 5.32 Å². The van der Waals surface area contributed by atoms with Crippen molar-refractivity contribution in [2.45, 2.75) is 13.3 Å². The van der Waals surface area contributed by atoms with Crippen LogP contribution in [0.5, 0.6) is 0 Å². The maximum Gasteiger partial charge on any atom is 0.255 e. The van der Waals surface area contributed by atoms with E-state index in [-0.39, 0.29) is 5.91 Å². The first-order chi connectivity index (χ1) is 13.1. The Hall–Kier alpha value is -2.92. The van der Waals surface area contributed by atoms with E-state index in [1.54, 1.807) is 12.1 Å².